The standard InChI is InChI=1S/C54H36N2/c1-54(38-21-6-3-7-22-38)47-29-15-14-27-44(47)51-45(28-16-30-48(51)54)50-34-49(42-26-13-12-23-39(42)35-17-4-2-5-18-35)55-53(56-50)52-41-25-11-9-20-37(41)33-46-40-24-10-8-19-36(40)31-32-43(46)52/h2-34H,1H3. The van der Waals surface area contributed by atoms with Gasteiger partial charge in [-0.25, -0.2) is 9.97 Å². The molecular formula is C54H36N2. The number of benzene rings is 9. The normalized spacial score (nSPS) is 14.6. The number of hydrogen-bond donors (Lipinski definition) is 0. The molecular weight excluding hydrogens is 677 g/mol. The van der Waals surface area contributed by atoms with E-state index in [0.29, 0.717) is 5.82 Å². The molecule has 0 saturated carbocycles. The van der Waals surface area contributed by atoms with Crippen molar-refractivity contribution < 1.29 is 0 Å². The van der Waals surface area contributed by atoms with E-state index in [1.165, 1.54) is 49.4 Å². The van der Waals surface area contributed by atoms with Crippen molar-refractivity contribution in [1.29, 1.82) is 0 Å². The van der Waals surface area contributed by atoms with Crippen LogP contribution in [0.1, 0.15) is 23.6 Å². The highest BCUT2D eigenvalue weighted by molar-refractivity contribution is 6.19. The lowest BCUT2D eigenvalue weighted by molar-refractivity contribution is 0.714. The van der Waals surface area contributed by atoms with Gasteiger partial charge in [0.15, 0.2) is 5.82 Å². The average Bonchev–Trinajstić information content (AvgIpc) is 3.54. The van der Waals surface area contributed by atoms with Crippen LogP contribution in [0.15, 0.2) is 200 Å². The summed E-state index contributed by atoms with van der Waals surface area (Å²) >= 11 is 0. The Morgan fingerprint density at radius 2 is 0.946 bits per heavy atom. The van der Waals surface area contributed by atoms with Crippen molar-refractivity contribution in [2.75, 3.05) is 0 Å². The first-order valence-electron chi connectivity index (χ1n) is 19.3. The third-order valence-electron chi connectivity index (χ3n) is 12.0. The number of nitrogens with zero attached hydrogens (tertiary/aromatic N) is 2. The van der Waals surface area contributed by atoms with Gasteiger partial charge in [-0.05, 0) is 90.3 Å². The molecule has 0 fully saturated rings. The maximum atomic E-state index is 5.64. The number of hydrogen-bond acceptors (Lipinski definition) is 2. The molecule has 11 rings (SSSR count). The number of aromatic nitrogens is 2. The third kappa shape index (κ3) is 4.89. The summed E-state index contributed by atoms with van der Waals surface area (Å²) < 4.78 is 0. The Labute approximate surface area is 326 Å². The molecule has 2 heteroatoms. The Bertz CT molecular complexity index is 3150. The fourth-order valence-electron chi connectivity index (χ4n) is 9.31. The van der Waals surface area contributed by atoms with Gasteiger partial charge in [-0.3, -0.25) is 0 Å². The summed E-state index contributed by atoms with van der Waals surface area (Å²) in [5.74, 6) is 0.715. The Morgan fingerprint density at radius 3 is 1.75 bits per heavy atom. The minimum absolute atomic E-state index is 0.325. The first kappa shape index (κ1) is 32.3. The van der Waals surface area contributed by atoms with Crippen LogP contribution in [-0.2, 0) is 5.41 Å². The molecule has 9 aromatic carbocycles. The van der Waals surface area contributed by atoms with Crippen LogP contribution in [0, 0.1) is 0 Å². The molecule has 1 aliphatic rings. The second kappa shape index (κ2) is 12.7. The summed E-state index contributed by atoms with van der Waals surface area (Å²) in [6.45, 7) is 2.37. The first-order valence-corrected chi connectivity index (χ1v) is 19.3. The smallest absolute Gasteiger partial charge is 0.161 e. The first-order chi connectivity index (χ1) is 27.7. The molecule has 1 atom stereocenters. The monoisotopic (exact) mass is 712 g/mol. The van der Waals surface area contributed by atoms with E-state index in [-0.39, 0.29) is 5.41 Å². The molecule has 1 aliphatic carbocycles. The second-order valence-corrected chi connectivity index (χ2v) is 15.0. The van der Waals surface area contributed by atoms with E-state index in [1.807, 2.05) is 0 Å². The van der Waals surface area contributed by atoms with Crippen molar-refractivity contribution in [2.45, 2.75) is 12.3 Å². The van der Waals surface area contributed by atoms with E-state index in [9.17, 15) is 0 Å². The highest BCUT2D eigenvalue weighted by Crippen LogP contribution is 2.55. The Kier molecular flexibility index (Phi) is 7.33. The van der Waals surface area contributed by atoms with Gasteiger partial charge in [0, 0.05) is 22.1 Å². The fraction of sp³-hybridized carbons (Fsp3) is 0.0370. The summed E-state index contributed by atoms with van der Waals surface area (Å²) in [5, 5.41) is 7.08. The van der Waals surface area contributed by atoms with Gasteiger partial charge in [0.25, 0.3) is 0 Å². The summed E-state index contributed by atoms with van der Waals surface area (Å²) in [4.78, 5) is 11.2. The summed E-state index contributed by atoms with van der Waals surface area (Å²) in [6, 6.07) is 72.2. The molecule has 1 aromatic heterocycles. The van der Waals surface area contributed by atoms with Gasteiger partial charge in [-0.2, -0.15) is 0 Å². The van der Waals surface area contributed by atoms with Crippen LogP contribution in [-0.4, -0.2) is 9.97 Å². The zero-order chi connectivity index (χ0) is 37.2. The molecule has 2 nitrogen and oxygen atoms in total. The zero-order valence-electron chi connectivity index (χ0n) is 30.9. The van der Waals surface area contributed by atoms with Crippen molar-refractivity contribution in [2.24, 2.45) is 0 Å². The molecule has 10 aromatic rings. The van der Waals surface area contributed by atoms with Gasteiger partial charge in [-0.15, -0.1) is 0 Å². The third-order valence-corrected chi connectivity index (χ3v) is 12.0. The van der Waals surface area contributed by atoms with Crippen LogP contribution in [0.25, 0.3) is 88.5 Å². The molecule has 0 spiro atoms. The summed E-state index contributed by atoms with van der Waals surface area (Å²) in [7, 11) is 0. The molecule has 0 aliphatic heterocycles. The minimum Gasteiger partial charge on any atom is -0.228 e. The van der Waals surface area contributed by atoms with Gasteiger partial charge in [-0.1, -0.05) is 188 Å². The van der Waals surface area contributed by atoms with E-state index in [0.717, 1.165) is 50.0 Å². The van der Waals surface area contributed by atoms with E-state index in [2.05, 4.69) is 207 Å². The predicted molar refractivity (Wildman–Crippen MR) is 234 cm³/mol. The molecule has 1 heterocycles. The molecule has 262 valence electrons. The van der Waals surface area contributed by atoms with E-state index in [4.69, 9.17) is 9.97 Å². The Balaban J connectivity index is 1.25. The molecule has 56 heavy (non-hydrogen) atoms. The Morgan fingerprint density at radius 1 is 0.357 bits per heavy atom. The quantitative estimate of drug-likeness (QED) is 0.131. The van der Waals surface area contributed by atoms with E-state index in [1.54, 1.807) is 0 Å². The topological polar surface area (TPSA) is 25.8 Å². The van der Waals surface area contributed by atoms with Crippen LogP contribution in [0.2, 0.25) is 0 Å². The number of fused-ring (bicyclic) bond motifs is 7. The van der Waals surface area contributed by atoms with Crippen molar-refractivity contribution in [3.63, 3.8) is 0 Å². The molecule has 0 amide bonds. The van der Waals surface area contributed by atoms with Gasteiger partial charge in [0.2, 0.25) is 0 Å². The second-order valence-electron chi connectivity index (χ2n) is 15.0. The van der Waals surface area contributed by atoms with Crippen molar-refractivity contribution >= 4 is 32.3 Å². The summed E-state index contributed by atoms with van der Waals surface area (Å²) in [5.41, 5.74) is 13.3. The molecule has 0 radical (unpaired) electrons. The maximum absolute atomic E-state index is 5.64. The van der Waals surface area contributed by atoms with Crippen molar-refractivity contribution in [3.8, 4) is 56.2 Å². The van der Waals surface area contributed by atoms with Crippen molar-refractivity contribution in [1.82, 2.24) is 9.97 Å². The van der Waals surface area contributed by atoms with Crippen LogP contribution in [0.4, 0.5) is 0 Å². The molecule has 1 unspecified atom stereocenters. The van der Waals surface area contributed by atoms with Crippen LogP contribution in [0.3, 0.4) is 0 Å². The maximum Gasteiger partial charge on any atom is 0.161 e. The van der Waals surface area contributed by atoms with Gasteiger partial charge in [0.05, 0.1) is 11.4 Å². The van der Waals surface area contributed by atoms with Gasteiger partial charge in [0.1, 0.15) is 0 Å². The fourth-order valence-corrected chi connectivity index (χ4v) is 9.31. The molecule has 0 bridgehead atoms. The van der Waals surface area contributed by atoms with Crippen molar-refractivity contribution in [3.05, 3.63) is 217 Å². The van der Waals surface area contributed by atoms with Gasteiger partial charge >= 0.3 is 0 Å². The van der Waals surface area contributed by atoms with Gasteiger partial charge < -0.3 is 0 Å². The van der Waals surface area contributed by atoms with E-state index < -0.39 is 0 Å². The summed E-state index contributed by atoms with van der Waals surface area (Å²) in [6.07, 6.45) is 0. The largest absolute Gasteiger partial charge is 0.228 e. The lowest BCUT2D eigenvalue weighted by atomic mass is 9.74. The lowest BCUT2D eigenvalue weighted by Gasteiger charge is -2.28. The van der Waals surface area contributed by atoms with Crippen LogP contribution >= 0.6 is 0 Å². The molecule has 0 N–H and O–H groups in total. The van der Waals surface area contributed by atoms with E-state index >= 15 is 0 Å². The predicted octanol–water partition coefficient (Wildman–Crippen LogP) is 13.9. The number of rotatable bonds is 5. The average molecular weight is 713 g/mol. The lowest BCUT2D eigenvalue weighted by Crippen LogP contribution is -2.22. The molecule has 0 saturated heterocycles. The SMILES string of the molecule is CC1(c2ccccc2)c2ccccc2-c2c(-c3cc(-c4ccccc4-c4ccccc4)nc(-c4c5ccccc5cc5c4ccc4ccccc45)n3)cccc21. The van der Waals surface area contributed by atoms with Crippen LogP contribution < -0.4 is 0 Å². The zero-order valence-corrected chi connectivity index (χ0v) is 30.9. The highest BCUT2D eigenvalue weighted by atomic mass is 14.9. The minimum atomic E-state index is -0.325. The highest BCUT2D eigenvalue weighted by Gasteiger charge is 2.41. The van der Waals surface area contributed by atoms with Crippen LogP contribution in [0.5, 0.6) is 0 Å². The Hall–Kier alpha value is -7.16.